The second kappa shape index (κ2) is 7.98. The van der Waals surface area contributed by atoms with E-state index in [-0.39, 0.29) is 11.9 Å². The maximum atomic E-state index is 12.1. The fourth-order valence-electron chi connectivity index (χ4n) is 2.66. The number of allylic oxidation sites excluding steroid dienone is 3. The van der Waals surface area contributed by atoms with Gasteiger partial charge in [-0.25, -0.2) is 4.39 Å². The van der Waals surface area contributed by atoms with E-state index >= 15 is 0 Å². The molecule has 0 spiro atoms. The van der Waals surface area contributed by atoms with Crippen LogP contribution in [-0.2, 0) is 9.63 Å². The van der Waals surface area contributed by atoms with Gasteiger partial charge in [-0.2, -0.15) is 0 Å². The molecule has 2 N–H and O–H groups in total. The minimum absolute atomic E-state index is 0.0602. The van der Waals surface area contributed by atoms with Crippen molar-refractivity contribution >= 4 is 5.91 Å². The lowest BCUT2D eigenvalue weighted by Gasteiger charge is -2.27. The number of amides is 1. The first kappa shape index (κ1) is 15.8. The summed E-state index contributed by atoms with van der Waals surface area (Å²) in [7, 11) is 0. The molecule has 1 saturated carbocycles. The number of nitrogens with one attached hydrogen (secondary N) is 2. The Hall–Kier alpha value is -1.62. The van der Waals surface area contributed by atoms with Crippen LogP contribution in [0.3, 0.4) is 0 Å². The maximum Gasteiger partial charge on any atom is 0.252 e. The van der Waals surface area contributed by atoms with Crippen molar-refractivity contribution in [2.24, 2.45) is 0 Å². The van der Waals surface area contributed by atoms with E-state index in [0.717, 1.165) is 24.1 Å². The van der Waals surface area contributed by atoms with Gasteiger partial charge in [0.05, 0.1) is 12.0 Å². The van der Waals surface area contributed by atoms with Crippen LogP contribution in [0, 0.1) is 0 Å². The third-order valence-electron chi connectivity index (χ3n) is 3.93. The van der Waals surface area contributed by atoms with Crippen LogP contribution in [0.2, 0.25) is 0 Å². The summed E-state index contributed by atoms with van der Waals surface area (Å²) < 4.78 is 12.0. The average molecular weight is 294 g/mol. The third-order valence-corrected chi connectivity index (χ3v) is 3.93. The summed E-state index contributed by atoms with van der Waals surface area (Å²) in [5.74, 6) is -0.0602. The molecular formula is C16H23FN2O2. The first-order valence-electron chi connectivity index (χ1n) is 7.57. The van der Waals surface area contributed by atoms with Crippen molar-refractivity contribution in [2.45, 2.75) is 57.6 Å². The third kappa shape index (κ3) is 4.70. The monoisotopic (exact) mass is 294 g/mol. The largest absolute Gasteiger partial charge is 0.351 e. The molecule has 0 radical (unpaired) electrons. The van der Waals surface area contributed by atoms with E-state index in [9.17, 15) is 9.18 Å². The van der Waals surface area contributed by atoms with Crippen LogP contribution in [0.1, 0.15) is 45.4 Å². The van der Waals surface area contributed by atoms with Crippen molar-refractivity contribution in [1.29, 1.82) is 0 Å². The molecule has 1 heterocycles. The van der Waals surface area contributed by atoms with Crippen LogP contribution < -0.4 is 10.8 Å². The van der Waals surface area contributed by atoms with Gasteiger partial charge in [0.2, 0.25) is 0 Å². The summed E-state index contributed by atoms with van der Waals surface area (Å²) >= 11 is 0. The fraction of sp³-hybridized carbons (Fsp3) is 0.562. The average Bonchev–Trinajstić information content (AvgIpc) is 2.53. The van der Waals surface area contributed by atoms with Crippen molar-refractivity contribution < 1.29 is 14.0 Å². The van der Waals surface area contributed by atoms with Gasteiger partial charge in [-0.3, -0.25) is 15.1 Å². The summed E-state index contributed by atoms with van der Waals surface area (Å²) in [5, 5.41) is 3.06. The van der Waals surface area contributed by atoms with Crippen LogP contribution in [0.25, 0.3) is 0 Å². The van der Waals surface area contributed by atoms with E-state index in [1.54, 1.807) is 6.08 Å². The van der Waals surface area contributed by atoms with Crippen molar-refractivity contribution in [2.75, 3.05) is 0 Å². The first-order valence-corrected chi connectivity index (χ1v) is 7.57. The van der Waals surface area contributed by atoms with Crippen LogP contribution in [0.5, 0.6) is 0 Å². The zero-order valence-corrected chi connectivity index (χ0v) is 12.4. The van der Waals surface area contributed by atoms with E-state index in [1.165, 1.54) is 25.3 Å². The number of carbonyl (C=O) groups excluding carboxylic acids is 1. The van der Waals surface area contributed by atoms with Crippen LogP contribution in [0.15, 0.2) is 35.8 Å². The van der Waals surface area contributed by atoms with Gasteiger partial charge in [-0.15, -0.1) is 0 Å². The molecule has 1 unspecified atom stereocenters. The SMILES string of the molecule is C/C(=C/C=C/F)C1=CCC(C(=O)NC2CCCCC2)ON1. The second-order valence-electron chi connectivity index (χ2n) is 5.57. The van der Waals surface area contributed by atoms with Gasteiger partial charge in [-0.1, -0.05) is 31.4 Å². The minimum Gasteiger partial charge on any atom is -0.351 e. The van der Waals surface area contributed by atoms with E-state index in [2.05, 4.69) is 10.8 Å². The standard InChI is InChI=1S/C16H23FN2O2/c1-12(6-5-11-17)14-9-10-15(21-19-14)16(20)18-13-7-3-2-4-8-13/h5-6,9,11,13,15,19H,2-4,7-8,10H2,1H3,(H,18,20)/b11-5+,12-6-. The second-order valence-corrected chi connectivity index (χ2v) is 5.57. The zero-order valence-electron chi connectivity index (χ0n) is 12.4. The van der Waals surface area contributed by atoms with Crippen molar-refractivity contribution in [3.8, 4) is 0 Å². The molecule has 0 aromatic heterocycles. The molecule has 0 saturated heterocycles. The molecule has 1 fully saturated rings. The normalized spacial score (nSPS) is 24.6. The van der Waals surface area contributed by atoms with Crippen molar-refractivity contribution in [1.82, 2.24) is 10.8 Å². The molecular weight excluding hydrogens is 271 g/mol. The number of carbonyl (C=O) groups is 1. The number of hydrogen-bond acceptors (Lipinski definition) is 3. The Balaban J connectivity index is 1.84. The molecule has 1 aliphatic heterocycles. The Bertz CT molecular complexity index is 451. The first-order chi connectivity index (χ1) is 10.2. The van der Waals surface area contributed by atoms with Gasteiger partial charge in [-0.05, 0) is 31.4 Å². The van der Waals surface area contributed by atoms with Gasteiger partial charge in [0.25, 0.3) is 5.91 Å². The van der Waals surface area contributed by atoms with Crippen LogP contribution >= 0.6 is 0 Å². The molecule has 2 rings (SSSR count). The number of hydrogen-bond donors (Lipinski definition) is 2. The molecule has 0 aromatic carbocycles. The molecule has 1 aliphatic carbocycles. The maximum absolute atomic E-state index is 12.1. The summed E-state index contributed by atoms with van der Waals surface area (Å²) in [6.45, 7) is 1.85. The Morgan fingerprint density at radius 1 is 1.43 bits per heavy atom. The van der Waals surface area contributed by atoms with Gasteiger partial charge in [0.15, 0.2) is 6.10 Å². The summed E-state index contributed by atoms with van der Waals surface area (Å²) in [6, 6.07) is 0.288. The van der Waals surface area contributed by atoms with Gasteiger partial charge in [0, 0.05) is 12.5 Å². The Kier molecular flexibility index (Phi) is 5.99. The number of halogens is 1. The highest BCUT2D eigenvalue weighted by atomic mass is 19.1. The highest BCUT2D eigenvalue weighted by Crippen LogP contribution is 2.19. The quantitative estimate of drug-likeness (QED) is 0.784. The Labute approximate surface area is 125 Å². The molecule has 1 atom stereocenters. The summed E-state index contributed by atoms with van der Waals surface area (Å²) in [5.41, 5.74) is 4.40. The minimum atomic E-state index is -0.500. The number of rotatable bonds is 4. The van der Waals surface area contributed by atoms with Crippen molar-refractivity contribution in [3.63, 3.8) is 0 Å². The lowest BCUT2D eigenvalue weighted by molar-refractivity contribution is -0.138. The molecule has 2 aliphatic rings. The van der Waals surface area contributed by atoms with Crippen molar-refractivity contribution in [3.05, 3.63) is 35.8 Å². The van der Waals surface area contributed by atoms with Gasteiger partial charge >= 0.3 is 0 Å². The molecule has 116 valence electrons. The van der Waals surface area contributed by atoms with E-state index in [4.69, 9.17) is 4.84 Å². The van der Waals surface area contributed by atoms with Gasteiger partial charge in [0.1, 0.15) is 0 Å². The number of hydroxylamine groups is 1. The molecule has 1 amide bonds. The highest BCUT2D eigenvalue weighted by Gasteiger charge is 2.25. The Morgan fingerprint density at radius 2 is 2.19 bits per heavy atom. The lowest BCUT2D eigenvalue weighted by Crippen LogP contribution is -2.46. The molecule has 21 heavy (non-hydrogen) atoms. The van der Waals surface area contributed by atoms with E-state index in [1.807, 2.05) is 13.0 Å². The zero-order chi connectivity index (χ0) is 15.1. The predicted molar refractivity (Wildman–Crippen MR) is 79.7 cm³/mol. The fourth-order valence-corrected chi connectivity index (χ4v) is 2.66. The summed E-state index contributed by atoms with van der Waals surface area (Å²) in [4.78, 5) is 17.5. The lowest BCUT2D eigenvalue weighted by atomic mass is 9.95. The van der Waals surface area contributed by atoms with E-state index < -0.39 is 6.10 Å². The Morgan fingerprint density at radius 3 is 2.81 bits per heavy atom. The molecule has 0 aromatic rings. The summed E-state index contributed by atoms with van der Waals surface area (Å²) in [6.07, 6.45) is 11.1. The highest BCUT2D eigenvalue weighted by molar-refractivity contribution is 5.81. The van der Waals surface area contributed by atoms with Gasteiger partial charge < -0.3 is 5.32 Å². The molecule has 0 bridgehead atoms. The van der Waals surface area contributed by atoms with Crippen LogP contribution in [-0.4, -0.2) is 18.1 Å². The molecule has 4 nitrogen and oxygen atoms in total. The topological polar surface area (TPSA) is 50.4 Å². The molecule has 5 heteroatoms. The van der Waals surface area contributed by atoms with E-state index in [0.29, 0.717) is 12.8 Å². The predicted octanol–water partition coefficient (Wildman–Crippen LogP) is 3.04. The smallest absolute Gasteiger partial charge is 0.252 e. The van der Waals surface area contributed by atoms with Crippen LogP contribution in [0.4, 0.5) is 4.39 Å².